The van der Waals surface area contributed by atoms with Crippen molar-refractivity contribution in [1.29, 1.82) is 0 Å². The van der Waals surface area contributed by atoms with E-state index in [2.05, 4.69) is 26.3 Å². The van der Waals surface area contributed by atoms with Crippen LogP contribution in [0.25, 0.3) is 11.0 Å². The van der Waals surface area contributed by atoms with Gasteiger partial charge in [0.05, 0.1) is 16.1 Å². The molecule has 0 radical (unpaired) electrons. The van der Waals surface area contributed by atoms with Crippen LogP contribution in [0.15, 0.2) is 54.1 Å². The monoisotopic (exact) mass is 456 g/mol. The van der Waals surface area contributed by atoms with Crippen LogP contribution >= 0.6 is 0 Å². The number of aromatic amines is 1. The Bertz CT molecular complexity index is 1200. The second-order valence-electron chi connectivity index (χ2n) is 8.02. The van der Waals surface area contributed by atoms with Gasteiger partial charge in [-0.3, -0.25) is 9.78 Å². The van der Waals surface area contributed by atoms with Crippen molar-refractivity contribution in [2.24, 2.45) is 5.92 Å². The van der Waals surface area contributed by atoms with Crippen LogP contribution in [0.5, 0.6) is 0 Å². The van der Waals surface area contributed by atoms with E-state index < -0.39 is 22.0 Å². The predicted octanol–water partition coefficient (Wildman–Crippen LogP) is 3.28. The molecule has 2 heterocycles. The predicted molar refractivity (Wildman–Crippen MR) is 123 cm³/mol. The molecule has 2 N–H and O–H groups in total. The fraction of sp³-hybridized carbons (Fsp3) is 0.348. The van der Waals surface area contributed by atoms with Crippen LogP contribution in [0, 0.1) is 12.8 Å². The van der Waals surface area contributed by atoms with Gasteiger partial charge in [-0.15, -0.1) is 0 Å². The number of nitrogens with one attached hydrogen (secondary N) is 2. The first-order valence-corrected chi connectivity index (χ1v) is 11.9. The molecule has 0 spiro atoms. The lowest BCUT2D eigenvalue weighted by Gasteiger charge is -2.19. The average molecular weight is 457 g/mol. The number of carbonyl (C=O) groups excluding carboxylic acids is 1. The minimum absolute atomic E-state index is 0.0279. The number of hydrogen-bond acceptors (Lipinski definition) is 6. The zero-order valence-electron chi connectivity index (χ0n) is 18.5. The SMILES string of the molecule is C=CCOC(=O)[C@H](CC(C)C)NS(=O)(=O)c1ccc(Cc2nccc3[nH]c(C)nc23)cc1. The number of pyridine rings is 1. The van der Waals surface area contributed by atoms with Gasteiger partial charge in [-0.05, 0) is 43.0 Å². The summed E-state index contributed by atoms with van der Waals surface area (Å²) >= 11 is 0. The van der Waals surface area contributed by atoms with Crippen molar-refractivity contribution in [3.63, 3.8) is 0 Å². The van der Waals surface area contributed by atoms with Crippen LogP contribution in [0.1, 0.15) is 37.4 Å². The molecule has 0 saturated heterocycles. The Morgan fingerprint density at radius 2 is 1.97 bits per heavy atom. The molecule has 1 aromatic carbocycles. The number of hydrogen-bond donors (Lipinski definition) is 2. The van der Waals surface area contributed by atoms with Crippen LogP contribution in [0.2, 0.25) is 0 Å². The Balaban J connectivity index is 1.77. The molecule has 0 unspecified atom stereocenters. The van der Waals surface area contributed by atoms with Gasteiger partial charge in [0.1, 0.15) is 24.0 Å². The third-order valence-electron chi connectivity index (χ3n) is 4.83. The Kier molecular flexibility index (Phi) is 7.42. The van der Waals surface area contributed by atoms with Gasteiger partial charge < -0.3 is 9.72 Å². The minimum atomic E-state index is -3.91. The summed E-state index contributed by atoms with van der Waals surface area (Å²) in [5.41, 5.74) is 3.42. The van der Waals surface area contributed by atoms with E-state index in [1.54, 1.807) is 18.3 Å². The third kappa shape index (κ3) is 5.80. The number of imidazole rings is 1. The second kappa shape index (κ2) is 10.1. The molecule has 0 aliphatic rings. The van der Waals surface area contributed by atoms with Gasteiger partial charge in [0.15, 0.2) is 0 Å². The smallest absolute Gasteiger partial charge is 0.324 e. The fourth-order valence-electron chi connectivity index (χ4n) is 3.38. The van der Waals surface area contributed by atoms with Crippen molar-refractivity contribution >= 4 is 27.0 Å². The maximum Gasteiger partial charge on any atom is 0.324 e. The number of esters is 1. The van der Waals surface area contributed by atoms with Gasteiger partial charge in [0.2, 0.25) is 10.0 Å². The van der Waals surface area contributed by atoms with E-state index in [1.807, 2.05) is 26.8 Å². The Morgan fingerprint density at radius 1 is 1.25 bits per heavy atom. The van der Waals surface area contributed by atoms with Crippen molar-refractivity contribution in [3.8, 4) is 0 Å². The van der Waals surface area contributed by atoms with E-state index in [0.717, 1.165) is 28.1 Å². The fourth-order valence-corrected chi connectivity index (χ4v) is 4.58. The van der Waals surface area contributed by atoms with E-state index >= 15 is 0 Å². The minimum Gasteiger partial charge on any atom is -0.460 e. The van der Waals surface area contributed by atoms with Gasteiger partial charge in [0.25, 0.3) is 0 Å². The molecule has 8 nitrogen and oxygen atoms in total. The zero-order valence-corrected chi connectivity index (χ0v) is 19.3. The van der Waals surface area contributed by atoms with Crippen LogP contribution in [-0.2, 0) is 26.0 Å². The summed E-state index contributed by atoms with van der Waals surface area (Å²) in [7, 11) is -3.91. The van der Waals surface area contributed by atoms with Crippen LogP contribution < -0.4 is 4.72 Å². The van der Waals surface area contributed by atoms with Gasteiger partial charge in [0, 0.05) is 12.6 Å². The molecule has 3 rings (SSSR count). The highest BCUT2D eigenvalue weighted by molar-refractivity contribution is 7.89. The molecule has 170 valence electrons. The molecule has 3 aromatic rings. The molecule has 0 aliphatic carbocycles. The van der Waals surface area contributed by atoms with E-state index in [-0.39, 0.29) is 17.4 Å². The van der Waals surface area contributed by atoms with Gasteiger partial charge in [-0.2, -0.15) is 4.72 Å². The van der Waals surface area contributed by atoms with Gasteiger partial charge in [-0.1, -0.05) is 38.6 Å². The third-order valence-corrected chi connectivity index (χ3v) is 6.32. The lowest BCUT2D eigenvalue weighted by molar-refractivity contribution is -0.144. The number of carbonyl (C=O) groups is 1. The second-order valence-corrected chi connectivity index (χ2v) is 9.73. The van der Waals surface area contributed by atoms with Gasteiger partial charge >= 0.3 is 5.97 Å². The highest BCUT2D eigenvalue weighted by Crippen LogP contribution is 2.19. The standard InChI is InChI=1S/C23H28N4O4S/c1-5-12-31-23(28)21(13-15(2)3)27-32(29,30)18-8-6-17(7-9-18)14-20-22-19(10-11-24-20)25-16(4)26-22/h5-11,15,21,27H,1,12-14H2,2-4H3,(H,25,26)/t21-/m0/s1. The number of nitrogens with zero attached hydrogens (tertiary/aromatic N) is 2. The number of rotatable bonds is 10. The van der Waals surface area contributed by atoms with E-state index in [0.29, 0.717) is 12.8 Å². The number of ether oxygens (including phenoxy) is 1. The van der Waals surface area contributed by atoms with E-state index in [1.165, 1.54) is 18.2 Å². The molecule has 32 heavy (non-hydrogen) atoms. The molecule has 9 heteroatoms. The van der Waals surface area contributed by atoms with Crippen LogP contribution in [-0.4, -0.2) is 42.0 Å². The molecule has 0 aliphatic heterocycles. The molecule has 1 atom stereocenters. The summed E-state index contributed by atoms with van der Waals surface area (Å²) in [4.78, 5) is 24.5. The number of benzene rings is 1. The average Bonchev–Trinajstić information content (AvgIpc) is 3.12. The molecule has 2 aromatic heterocycles. The number of H-pyrrole nitrogens is 1. The maximum atomic E-state index is 12.9. The maximum absolute atomic E-state index is 12.9. The van der Waals surface area contributed by atoms with Crippen LogP contribution in [0.4, 0.5) is 0 Å². The summed E-state index contributed by atoms with van der Waals surface area (Å²) in [6, 6.07) is 7.42. The normalized spacial score (nSPS) is 12.8. The lowest BCUT2D eigenvalue weighted by Crippen LogP contribution is -2.42. The number of aromatic nitrogens is 3. The molecule has 0 fully saturated rings. The quantitative estimate of drug-likeness (QED) is 0.357. The highest BCUT2D eigenvalue weighted by Gasteiger charge is 2.27. The number of fused-ring (bicyclic) bond motifs is 1. The molecular weight excluding hydrogens is 428 g/mol. The molecule has 0 bridgehead atoms. The summed E-state index contributed by atoms with van der Waals surface area (Å²) in [6.45, 7) is 9.24. The summed E-state index contributed by atoms with van der Waals surface area (Å²) in [6.07, 6.45) is 4.00. The molecule has 0 amide bonds. The summed E-state index contributed by atoms with van der Waals surface area (Å²) in [5.74, 6) is 0.291. The highest BCUT2D eigenvalue weighted by atomic mass is 32.2. The van der Waals surface area contributed by atoms with Crippen molar-refractivity contribution in [1.82, 2.24) is 19.7 Å². The van der Waals surface area contributed by atoms with Crippen LogP contribution in [0.3, 0.4) is 0 Å². The van der Waals surface area contributed by atoms with E-state index in [9.17, 15) is 13.2 Å². The number of aryl methyl sites for hydroxylation is 1. The first kappa shape index (κ1) is 23.6. The van der Waals surface area contributed by atoms with Crippen molar-refractivity contribution < 1.29 is 17.9 Å². The Morgan fingerprint density at radius 3 is 2.62 bits per heavy atom. The van der Waals surface area contributed by atoms with Crippen molar-refractivity contribution in [2.45, 2.75) is 44.6 Å². The number of sulfonamides is 1. The Hall–Kier alpha value is -3.04. The Labute approximate surface area is 188 Å². The zero-order chi connectivity index (χ0) is 23.3. The van der Waals surface area contributed by atoms with Crippen molar-refractivity contribution in [2.75, 3.05) is 6.61 Å². The summed E-state index contributed by atoms with van der Waals surface area (Å²) < 4.78 is 33.3. The molecule has 0 saturated carbocycles. The first-order chi connectivity index (χ1) is 15.2. The lowest BCUT2D eigenvalue weighted by atomic mass is 10.1. The first-order valence-electron chi connectivity index (χ1n) is 10.4. The van der Waals surface area contributed by atoms with Crippen molar-refractivity contribution in [3.05, 3.63) is 66.3 Å². The van der Waals surface area contributed by atoms with E-state index in [4.69, 9.17) is 4.74 Å². The van der Waals surface area contributed by atoms with Gasteiger partial charge in [-0.25, -0.2) is 13.4 Å². The summed E-state index contributed by atoms with van der Waals surface area (Å²) in [5, 5.41) is 0. The molecular formula is C23H28N4O4S. The topological polar surface area (TPSA) is 114 Å². The largest absolute Gasteiger partial charge is 0.460 e.